The minimum absolute atomic E-state index is 0.0927. The second kappa shape index (κ2) is 11.1. The van der Waals surface area contributed by atoms with Gasteiger partial charge in [-0.2, -0.15) is 5.10 Å². The first-order valence-electron chi connectivity index (χ1n) is 14.0. The van der Waals surface area contributed by atoms with E-state index in [1.54, 1.807) is 31.1 Å². The summed E-state index contributed by atoms with van der Waals surface area (Å²) in [5.74, 6) is 2.00. The molecule has 1 saturated heterocycles. The van der Waals surface area contributed by atoms with Gasteiger partial charge in [0.2, 0.25) is 0 Å². The third-order valence-corrected chi connectivity index (χ3v) is 8.39. The molecule has 1 N–H and O–H groups in total. The number of aliphatic hydroxyl groups is 1. The fraction of sp³-hybridized carbons (Fsp3) is 0.387. The third kappa shape index (κ3) is 5.09. The zero-order chi connectivity index (χ0) is 28.7. The van der Waals surface area contributed by atoms with Crippen molar-refractivity contribution in [3.63, 3.8) is 0 Å². The minimum atomic E-state index is -0.799. The number of hydrogen-bond donors (Lipinski definition) is 1. The molecule has 0 aliphatic carbocycles. The summed E-state index contributed by atoms with van der Waals surface area (Å²) < 4.78 is 28.1. The van der Waals surface area contributed by atoms with Crippen LogP contribution in [0.15, 0.2) is 47.8 Å². The van der Waals surface area contributed by atoms with Crippen LogP contribution in [0.4, 0.5) is 10.2 Å². The molecule has 214 valence electrons. The lowest BCUT2D eigenvalue weighted by Gasteiger charge is -2.38. The van der Waals surface area contributed by atoms with Crippen molar-refractivity contribution in [1.29, 1.82) is 0 Å². The molecule has 2 aromatic carbocycles. The molecule has 1 aliphatic rings. The number of pyridine rings is 1. The van der Waals surface area contributed by atoms with Gasteiger partial charge in [0.05, 0.1) is 33.9 Å². The van der Waals surface area contributed by atoms with Gasteiger partial charge in [-0.15, -0.1) is 0 Å². The number of fused-ring (bicyclic) bond motifs is 4. The van der Waals surface area contributed by atoms with E-state index in [1.807, 2.05) is 42.6 Å². The molecule has 4 heterocycles. The first kappa shape index (κ1) is 27.7. The van der Waals surface area contributed by atoms with Gasteiger partial charge in [-0.05, 0) is 78.6 Å². The largest absolute Gasteiger partial charge is 0.468 e. The number of hydrogen-bond acceptors (Lipinski definition) is 8. The maximum atomic E-state index is 15.2. The van der Waals surface area contributed by atoms with Crippen LogP contribution in [0.25, 0.3) is 38.4 Å². The fourth-order valence-electron chi connectivity index (χ4n) is 5.93. The highest BCUT2D eigenvalue weighted by Crippen LogP contribution is 2.40. The van der Waals surface area contributed by atoms with E-state index in [-0.39, 0.29) is 12.6 Å². The van der Waals surface area contributed by atoms with Crippen LogP contribution in [0.5, 0.6) is 5.75 Å². The van der Waals surface area contributed by atoms with Gasteiger partial charge in [-0.3, -0.25) is 0 Å². The molecule has 0 amide bonds. The molecule has 0 bridgehead atoms. The molecule has 3 aromatic heterocycles. The molecule has 5 aromatic rings. The molecule has 0 saturated carbocycles. The summed E-state index contributed by atoms with van der Waals surface area (Å²) in [5, 5.41) is 18.9. The second-order valence-electron chi connectivity index (χ2n) is 10.7. The lowest BCUT2D eigenvalue weighted by Crippen LogP contribution is -2.46. The molecule has 1 fully saturated rings. The highest BCUT2D eigenvalue weighted by Gasteiger charge is 2.31. The van der Waals surface area contributed by atoms with Crippen molar-refractivity contribution in [2.75, 3.05) is 37.6 Å². The van der Waals surface area contributed by atoms with Gasteiger partial charge in [-0.25, -0.2) is 18.9 Å². The molecule has 1 atom stereocenters. The van der Waals surface area contributed by atoms with Crippen LogP contribution < -0.4 is 9.64 Å². The summed E-state index contributed by atoms with van der Waals surface area (Å²) in [6, 6.07) is 11.1. The lowest BCUT2D eigenvalue weighted by molar-refractivity contribution is 0.0447. The quantitative estimate of drug-likeness (QED) is 0.132. The molecule has 0 radical (unpaired) electrons. The second-order valence-corrected chi connectivity index (χ2v) is 11.9. The van der Waals surface area contributed by atoms with Gasteiger partial charge in [0.15, 0.2) is 11.9 Å². The van der Waals surface area contributed by atoms with Crippen molar-refractivity contribution in [2.45, 2.75) is 50.8 Å². The Morgan fingerprint density at radius 3 is 2.73 bits per heavy atom. The molecule has 8 nitrogen and oxygen atoms in total. The number of piperidine rings is 1. The SMILES string of the molecule is CCSc1nc(N2CCC[C@@](C)(O)C2)c2c(cc(-c3cc(OCOC)cc4ccc(F)c(CC)c34)n3nccc23)n1. The van der Waals surface area contributed by atoms with E-state index in [1.165, 1.54) is 6.07 Å². The predicted molar refractivity (Wildman–Crippen MR) is 162 cm³/mol. The van der Waals surface area contributed by atoms with Crippen LogP contribution in [-0.2, 0) is 11.2 Å². The Kier molecular flexibility index (Phi) is 7.48. The molecular weight excluding hydrogens is 541 g/mol. The van der Waals surface area contributed by atoms with E-state index in [4.69, 9.17) is 24.5 Å². The molecule has 10 heteroatoms. The number of aryl methyl sites for hydroxylation is 1. The number of halogens is 1. The highest BCUT2D eigenvalue weighted by molar-refractivity contribution is 7.99. The van der Waals surface area contributed by atoms with Crippen molar-refractivity contribution < 1.29 is 19.0 Å². The van der Waals surface area contributed by atoms with Crippen molar-refractivity contribution in [1.82, 2.24) is 19.6 Å². The number of rotatable bonds is 8. The van der Waals surface area contributed by atoms with Crippen molar-refractivity contribution in [3.05, 3.63) is 54.0 Å². The maximum absolute atomic E-state index is 15.2. The number of anilines is 1. The van der Waals surface area contributed by atoms with Gasteiger partial charge in [0.1, 0.15) is 17.4 Å². The Bertz CT molecular complexity index is 1760. The van der Waals surface area contributed by atoms with Crippen LogP contribution >= 0.6 is 11.8 Å². The molecule has 0 unspecified atom stereocenters. The van der Waals surface area contributed by atoms with Crippen molar-refractivity contribution in [2.24, 2.45) is 0 Å². The predicted octanol–water partition coefficient (Wildman–Crippen LogP) is 6.25. The Balaban J connectivity index is 1.67. The molecule has 6 rings (SSSR count). The lowest BCUT2D eigenvalue weighted by atomic mass is 9.94. The average molecular weight is 576 g/mol. The first-order chi connectivity index (χ1) is 19.8. The summed E-state index contributed by atoms with van der Waals surface area (Å²) in [6.07, 6.45) is 3.91. The van der Waals surface area contributed by atoms with Gasteiger partial charge in [0.25, 0.3) is 0 Å². The molecule has 0 spiro atoms. The van der Waals surface area contributed by atoms with Crippen LogP contribution in [0.3, 0.4) is 0 Å². The summed E-state index contributed by atoms with van der Waals surface area (Å²) in [6.45, 7) is 7.29. The first-order valence-corrected chi connectivity index (χ1v) is 15.0. The Hall–Kier alpha value is -3.47. The number of thioether (sulfide) groups is 1. The number of nitrogens with zero attached hydrogens (tertiary/aromatic N) is 5. The summed E-state index contributed by atoms with van der Waals surface area (Å²) >= 11 is 1.58. The molecule has 1 aliphatic heterocycles. The third-order valence-electron chi connectivity index (χ3n) is 7.66. The zero-order valence-electron chi connectivity index (χ0n) is 23.8. The van der Waals surface area contributed by atoms with E-state index >= 15 is 4.39 Å². The van der Waals surface area contributed by atoms with Gasteiger partial charge in [-0.1, -0.05) is 31.7 Å². The van der Waals surface area contributed by atoms with E-state index in [9.17, 15) is 5.11 Å². The normalized spacial score (nSPS) is 17.7. The van der Waals surface area contributed by atoms with Crippen LogP contribution in [0.2, 0.25) is 0 Å². The van der Waals surface area contributed by atoms with Crippen LogP contribution in [0, 0.1) is 5.82 Å². The molecular formula is C31H34FN5O3S. The van der Waals surface area contributed by atoms with Gasteiger partial charge in [0, 0.05) is 25.8 Å². The van der Waals surface area contributed by atoms with Gasteiger partial charge >= 0.3 is 0 Å². The van der Waals surface area contributed by atoms with Crippen LogP contribution in [0.1, 0.15) is 39.2 Å². The minimum Gasteiger partial charge on any atom is -0.468 e. The van der Waals surface area contributed by atoms with Crippen molar-refractivity contribution >= 4 is 44.8 Å². The van der Waals surface area contributed by atoms with Crippen LogP contribution in [-0.4, -0.2) is 63.0 Å². The average Bonchev–Trinajstić information content (AvgIpc) is 3.44. The summed E-state index contributed by atoms with van der Waals surface area (Å²) in [4.78, 5) is 12.1. The Morgan fingerprint density at radius 2 is 1.98 bits per heavy atom. The van der Waals surface area contributed by atoms with E-state index < -0.39 is 5.60 Å². The zero-order valence-corrected chi connectivity index (χ0v) is 24.6. The standard InChI is InChI=1S/C31H34FN5O3S/c1-5-21-23(32)9-8-19-14-20(40-18-39-4)15-22(27(19)21)26-16-24-28(25-10-12-33-37(25)26)29(35-30(34-24)41-6-2)36-13-7-11-31(3,38)17-36/h8-10,12,14-16,38H,5-7,11,13,17-18H2,1-4H3/t31-/m1/s1. The highest BCUT2D eigenvalue weighted by atomic mass is 32.2. The Labute approximate surface area is 242 Å². The monoisotopic (exact) mass is 575 g/mol. The smallest absolute Gasteiger partial charge is 0.190 e. The summed E-state index contributed by atoms with van der Waals surface area (Å²) in [5.41, 5.74) is 3.02. The Morgan fingerprint density at radius 1 is 1.12 bits per heavy atom. The van der Waals surface area contributed by atoms with Crippen molar-refractivity contribution in [3.8, 4) is 17.0 Å². The number of methoxy groups -OCH3 is 1. The maximum Gasteiger partial charge on any atom is 0.190 e. The number of aromatic nitrogens is 4. The fourth-order valence-corrected chi connectivity index (χ4v) is 6.50. The van der Waals surface area contributed by atoms with E-state index in [2.05, 4.69) is 11.8 Å². The number of β-amino-alcohol motifs (C(OH)–C–C–N with tert-alkyl or cyclic N) is 1. The van der Waals surface area contributed by atoms with E-state index in [0.717, 1.165) is 69.4 Å². The molecule has 41 heavy (non-hydrogen) atoms. The topological polar surface area (TPSA) is 85.0 Å². The van der Waals surface area contributed by atoms with Gasteiger partial charge < -0.3 is 19.5 Å². The van der Waals surface area contributed by atoms with E-state index in [0.29, 0.717) is 29.4 Å². The summed E-state index contributed by atoms with van der Waals surface area (Å²) in [7, 11) is 1.58. The number of ether oxygens (including phenoxy) is 2. The number of benzene rings is 2.